The minimum absolute atomic E-state index is 0.227. The lowest BCUT2D eigenvalue weighted by Crippen LogP contribution is -2.07. The van der Waals surface area contributed by atoms with Gasteiger partial charge in [0.2, 0.25) is 0 Å². The third kappa shape index (κ3) is 1.16. The van der Waals surface area contributed by atoms with Crippen LogP contribution in [-0.2, 0) is 4.65 Å². The highest BCUT2D eigenvalue weighted by atomic mass is 19.1. The molecule has 1 fully saturated rings. The third-order valence-electron chi connectivity index (χ3n) is 1.22. The molecule has 0 unspecified atom stereocenters. The van der Waals surface area contributed by atoms with Crippen LogP contribution in [0.15, 0.2) is 0 Å². The smallest absolute Gasteiger partial charge is 0.411 e. The first-order valence-electron chi connectivity index (χ1n) is 2.51. The van der Waals surface area contributed by atoms with E-state index in [1.807, 2.05) is 0 Å². The second-order valence-corrected chi connectivity index (χ2v) is 1.92. The Morgan fingerprint density at radius 3 is 2.43 bits per heavy atom. The first-order chi connectivity index (χ1) is 3.34. The van der Waals surface area contributed by atoms with E-state index in [1.54, 1.807) is 0 Å². The summed E-state index contributed by atoms with van der Waals surface area (Å²) >= 11 is 0. The highest BCUT2D eigenvalue weighted by Crippen LogP contribution is 2.39. The number of halogens is 1. The largest absolute Gasteiger partial charge is 0.502 e. The van der Waals surface area contributed by atoms with Gasteiger partial charge in [0.05, 0.1) is 0 Å². The van der Waals surface area contributed by atoms with Crippen LogP contribution >= 0.6 is 0 Å². The molecular weight excluding hydrogens is 93.9 g/mol. The first kappa shape index (κ1) is 5.10. The summed E-state index contributed by atoms with van der Waals surface area (Å²) in [5, 5.41) is 0. The lowest BCUT2D eigenvalue weighted by molar-refractivity contribution is 0.374. The molecule has 1 saturated carbocycles. The van der Waals surface area contributed by atoms with Gasteiger partial charge in [-0.3, -0.25) is 4.32 Å². The molecule has 40 valence electrons. The maximum absolute atomic E-state index is 12.1. The molecule has 0 aromatic carbocycles. The van der Waals surface area contributed by atoms with Gasteiger partial charge >= 0.3 is 7.19 Å². The zero-order valence-corrected chi connectivity index (χ0v) is 4.36. The summed E-state index contributed by atoms with van der Waals surface area (Å²) < 4.78 is 16.5. The standard InChI is InChI=1S/C4H8BFO/c1-7-5(6)4-2-3-4/h4H,2-3H2,1H3. The van der Waals surface area contributed by atoms with Crippen LogP contribution in [0.2, 0.25) is 5.82 Å². The van der Waals surface area contributed by atoms with Crippen LogP contribution in [-0.4, -0.2) is 14.3 Å². The Balaban J connectivity index is 2.10. The van der Waals surface area contributed by atoms with E-state index in [-0.39, 0.29) is 5.82 Å². The van der Waals surface area contributed by atoms with Crippen LogP contribution in [0.25, 0.3) is 0 Å². The Hall–Kier alpha value is -0.0451. The summed E-state index contributed by atoms with van der Waals surface area (Å²) in [6.07, 6.45) is 2.02. The Bertz CT molecular complexity index is 64.7. The second kappa shape index (κ2) is 1.82. The van der Waals surface area contributed by atoms with E-state index in [0.29, 0.717) is 0 Å². The molecule has 3 heteroatoms. The molecule has 1 nitrogen and oxygen atoms in total. The molecule has 0 N–H and O–H groups in total. The minimum atomic E-state index is -0.986. The number of hydrogen-bond acceptors (Lipinski definition) is 1. The third-order valence-corrected chi connectivity index (χ3v) is 1.22. The van der Waals surface area contributed by atoms with E-state index >= 15 is 0 Å². The minimum Gasteiger partial charge on any atom is -0.411 e. The van der Waals surface area contributed by atoms with Gasteiger partial charge in [0, 0.05) is 7.11 Å². The van der Waals surface area contributed by atoms with E-state index in [0.717, 1.165) is 12.8 Å². The van der Waals surface area contributed by atoms with E-state index in [2.05, 4.69) is 4.65 Å². The monoisotopic (exact) mass is 102 g/mol. The molecular formula is C4H8BFO. The normalized spacial score (nSPS) is 19.7. The van der Waals surface area contributed by atoms with Gasteiger partial charge in [0.1, 0.15) is 0 Å². The molecule has 0 bridgehead atoms. The average Bonchev–Trinajstić information content (AvgIpc) is 2.44. The highest BCUT2D eigenvalue weighted by Gasteiger charge is 2.36. The van der Waals surface area contributed by atoms with Crippen molar-refractivity contribution in [3.05, 3.63) is 0 Å². The summed E-state index contributed by atoms with van der Waals surface area (Å²) in [6, 6.07) is 0. The molecule has 0 saturated heterocycles. The lowest BCUT2D eigenvalue weighted by Gasteiger charge is -1.92. The van der Waals surface area contributed by atoms with Crippen molar-refractivity contribution in [1.29, 1.82) is 0 Å². The summed E-state index contributed by atoms with van der Waals surface area (Å²) in [6.45, 7) is 0. The highest BCUT2D eigenvalue weighted by molar-refractivity contribution is 6.46. The summed E-state index contributed by atoms with van der Waals surface area (Å²) in [5.41, 5.74) is 0. The fraction of sp³-hybridized carbons (Fsp3) is 1.00. The van der Waals surface area contributed by atoms with Gasteiger partial charge in [-0.2, -0.15) is 0 Å². The zero-order valence-electron chi connectivity index (χ0n) is 4.36. The quantitative estimate of drug-likeness (QED) is 0.476. The van der Waals surface area contributed by atoms with Crippen molar-refractivity contribution in [2.45, 2.75) is 18.7 Å². The SMILES string of the molecule is COB(F)C1CC1. The van der Waals surface area contributed by atoms with Crippen molar-refractivity contribution in [3.63, 3.8) is 0 Å². The lowest BCUT2D eigenvalue weighted by atomic mass is 9.87. The van der Waals surface area contributed by atoms with Crippen molar-refractivity contribution in [2.24, 2.45) is 0 Å². The van der Waals surface area contributed by atoms with Gasteiger partial charge in [-0.25, -0.2) is 0 Å². The summed E-state index contributed by atoms with van der Waals surface area (Å²) in [7, 11) is 0.420. The second-order valence-electron chi connectivity index (χ2n) is 1.92. The molecule has 0 aromatic rings. The predicted octanol–water partition coefficient (Wildman–Crippen LogP) is 1.25. The van der Waals surface area contributed by atoms with Gasteiger partial charge in [-0.05, 0) is 5.82 Å². The van der Waals surface area contributed by atoms with Gasteiger partial charge in [-0.15, -0.1) is 0 Å². The Morgan fingerprint density at radius 1 is 1.71 bits per heavy atom. The maximum atomic E-state index is 12.1. The van der Waals surface area contributed by atoms with Crippen LogP contribution < -0.4 is 0 Å². The maximum Gasteiger partial charge on any atom is 0.502 e. The predicted molar refractivity (Wildman–Crippen MR) is 26.9 cm³/mol. The van der Waals surface area contributed by atoms with Crippen molar-refractivity contribution < 1.29 is 8.97 Å². The topological polar surface area (TPSA) is 9.23 Å². The van der Waals surface area contributed by atoms with Crippen LogP contribution in [0.4, 0.5) is 4.32 Å². The van der Waals surface area contributed by atoms with Crippen LogP contribution in [0.5, 0.6) is 0 Å². The molecule has 1 aliphatic carbocycles. The van der Waals surface area contributed by atoms with Gasteiger partial charge in [0.25, 0.3) is 0 Å². The van der Waals surface area contributed by atoms with E-state index in [4.69, 9.17) is 0 Å². The van der Waals surface area contributed by atoms with Crippen molar-refractivity contribution in [1.82, 2.24) is 0 Å². The van der Waals surface area contributed by atoms with Gasteiger partial charge in [-0.1, -0.05) is 12.8 Å². The van der Waals surface area contributed by atoms with E-state index in [9.17, 15) is 4.32 Å². The Kier molecular flexibility index (Phi) is 1.33. The van der Waals surface area contributed by atoms with Crippen molar-refractivity contribution in [2.75, 3.05) is 7.11 Å². The zero-order chi connectivity index (χ0) is 5.28. The van der Waals surface area contributed by atoms with Crippen molar-refractivity contribution in [3.8, 4) is 0 Å². The Labute approximate surface area is 43.0 Å². The average molecular weight is 102 g/mol. The molecule has 0 radical (unpaired) electrons. The fourth-order valence-corrected chi connectivity index (χ4v) is 0.551. The number of hydrogen-bond donors (Lipinski definition) is 0. The molecule has 0 aliphatic heterocycles. The van der Waals surface area contributed by atoms with E-state index in [1.165, 1.54) is 7.11 Å². The first-order valence-corrected chi connectivity index (χ1v) is 2.51. The summed E-state index contributed by atoms with van der Waals surface area (Å²) in [4.78, 5) is 0. The van der Waals surface area contributed by atoms with Gasteiger partial charge in [0.15, 0.2) is 0 Å². The van der Waals surface area contributed by atoms with Crippen molar-refractivity contribution >= 4 is 7.19 Å². The molecule has 0 atom stereocenters. The Morgan fingerprint density at radius 2 is 2.29 bits per heavy atom. The van der Waals surface area contributed by atoms with Crippen LogP contribution in [0.3, 0.4) is 0 Å². The molecule has 1 aliphatic rings. The molecule has 0 heterocycles. The molecule has 7 heavy (non-hydrogen) atoms. The fourth-order valence-electron chi connectivity index (χ4n) is 0.551. The van der Waals surface area contributed by atoms with E-state index < -0.39 is 7.19 Å². The molecule has 0 spiro atoms. The van der Waals surface area contributed by atoms with Crippen LogP contribution in [0, 0.1) is 0 Å². The van der Waals surface area contributed by atoms with Gasteiger partial charge < -0.3 is 4.65 Å². The molecule has 0 aromatic heterocycles. The molecule has 1 rings (SSSR count). The van der Waals surface area contributed by atoms with Crippen LogP contribution in [0.1, 0.15) is 12.8 Å². The summed E-state index contributed by atoms with van der Waals surface area (Å²) in [5.74, 6) is 0.227. The number of rotatable bonds is 2. The molecule has 0 amide bonds.